The SMILES string of the molecule is CCN1C(=O)C(CC(=O)Nc2ccc(C)cc2C)SC1=Nc1ccc(C(C)=O)cc1. The standard InChI is InChI=1S/C23H25N3O3S/c1-5-26-22(29)20(13-21(28)25-19-11-6-14(2)12-15(19)3)30-23(26)24-18-9-7-17(8-10-18)16(4)27/h6-12,20H,5,13H2,1-4H3,(H,25,28). The molecule has 1 saturated heterocycles. The molecule has 0 bridgehead atoms. The van der Waals surface area contributed by atoms with Crippen LogP contribution in [0.1, 0.15) is 41.8 Å². The first kappa shape index (κ1) is 21.8. The number of amides is 2. The molecule has 3 rings (SSSR count). The van der Waals surface area contributed by atoms with Crippen molar-refractivity contribution >= 4 is 45.9 Å². The summed E-state index contributed by atoms with van der Waals surface area (Å²) in [5.74, 6) is -0.321. The van der Waals surface area contributed by atoms with Gasteiger partial charge in [0.05, 0.1) is 5.69 Å². The van der Waals surface area contributed by atoms with Gasteiger partial charge in [0.2, 0.25) is 11.8 Å². The summed E-state index contributed by atoms with van der Waals surface area (Å²) in [7, 11) is 0. The van der Waals surface area contributed by atoms with Crippen LogP contribution in [0.4, 0.5) is 11.4 Å². The minimum Gasteiger partial charge on any atom is -0.326 e. The average Bonchev–Trinajstić information content (AvgIpc) is 2.98. The molecule has 1 N–H and O–H groups in total. The number of hydrogen-bond acceptors (Lipinski definition) is 5. The third-order valence-corrected chi connectivity index (χ3v) is 6.04. The number of rotatable bonds is 6. The van der Waals surface area contributed by atoms with Crippen LogP contribution in [0.5, 0.6) is 0 Å². The third kappa shape index (κ3) is 4.97. The largest absolute Gasteiger partial charge is 0.326 e. The van der Waals surface area contributed by atoms with Crippen molar-refractivity contribution in [1.82, 2.24) is 4.90 Å². The van der Waals surface area contributed by atoms with E-state index in [1.54, 1.807) is 29.2 Å². The fourth-order valence-electron chi connectivity index (χ4n) is 3.22. The number of ketones is 1. The van der Waals surface area contributed by atoms with Gasteiger partial charge in [-0.3, -0.25) is 19.3 Å². The first-order chi connectivity index (χ1) is 14.3. The molecular weight excluding hydrogens is 398 g/mol. The van der Waals surface area contributed by atoms with Gasteiger partial charge in [0.25, 0.3) is 0 Å². The molecule has 7 heteroatoms. The van der Waals surface area contributed by atoms with E-state index in [1.165, 1.54) is 18.7 Å². The number of aryl methyl sites for hydroxylation is 2. The smallest absolute Gasteiger partial charge is 0.242 e. The Morgan fingerprint density at radius 1 is 1.13 bits per heavy atom. The van der Waals surface area contributed by atoms with E-state index < -0.39 is 5.25 Å². The number of aliphatic imine (C=N–C) groups is 1. The highest BCUT2D eigenvalue weighted by molar-refractivity contribution is 8.15. The number of amidine groups is 1. The highest BCUT2D eigenvalue weighted by Gasteiger charge is 2.38. The van der Waals surface area contributed by atoms with Gasteiger partial charge in [-0.05, 0) is 63.6 Å². The predicted octanol–water partition coefficient (Wildman–Crippen LogP) is 4.49. The Kier molecular flexibility index (Phi) is 6.72. The molecule has 0 aromatic heterocycles. The summed E-state index contributed by atoms with van der Waals surface area (Å²) < 4.78 is 0. The normalized spacial score (nSPS) is 17.5. The summed E-state index contributed by atoms with van der Waals surface area (Å²) in [4.78, 5) is 42.9. The maximum atomic E-state index is 12.8. The molecule has 1 heterocycles. The zero-order valence-electron chi connectivity index (χ0n) is 17.6. The van der Waals surface area contributed by atoms with E-state index in [2.05, 4.69) is 10.3 Å². The third-order valence-electron chi connectivity index (χ3n) is 4.86. The van der Waals surface area contributed by atoms with Crippen LogP contribution in [0.3, 0.4) is 0 Å². The molecule has 1 aliphatic heterocycles. The van der Waals surface area contributed by atoms with Crippen LogP contribution in [-0.4, -0.2) is 39.5 Å². The molecule has 1 aliphatic rings. The molecule has 6 nitrogen and oxygen atoms in total. The second-order valence-corrected chi connectivity index (χ2v) is 8.43. The maximum absolute atomic E-state index is 12.8. The van der Waals surface area contributed by atoms with E-state index >= 15 is 0 Å². The van der Waals surface area contributed by atoms with Crippen LogP contribution in [0.2, 0.25) is 0 Å². The zero-order valence-corrected chi connectivity index (χ0v) is 18.4. The van der Waals surface area contributed by atoms with Crippen LogP contribution in [0, 0.1) is 13.8 Å². The van der Waals surface area contributed by atoms with E-state index in [-0.39, 0.29) is 24.0 Å². The Morgan fingerprint density at radius 3 is 2.43 bits per heavy atom. The molecule has 0 aliphatic carbocycles. The van der Waals surface area contributed by atoms with Crippen LogP contribution < -0.4 is 5.32 Å². The van der Waals surface area contributed by atoms with Gasteiger partial charge in [-0.15, -0.1) is 0 Å². The number of anilines is 1. The molecule has 1 atom stereocenters. The van der Waals surface area contributed by atoms with E-state index in [4.69, 9.17) is 0 Å². The Bertz CT molecular complexity index is 1010. The monoisotopic (exact) mass is 423 g/mol. The van der Waals surface area contributed by atoms with Crippen molar-refractivity contribution in [2.45, 2.75) is 39.4 Å². The van der Waals surface area contributed by atoms with E-state index in [1.807, 2.05) is 39.0 Å². The van der Waals surface area contributed by atoms with Crippen LogP contribution in [-0.2, 0) is 9.59 Å². The van der Waals surface area contributed by atoms with Gasteiger partial charge >= 0.3 is 0 Å². The highest BCUT2D eigenvalue weighted by Crippen LogP contribution is 2.32. The molecule has 1 unspecified atom stereocenters. The van der Waals surface area contributed by atoms with Gasteiger partial charge in [0.1, 0.15) is 5.25 Å². The highest BCUT2D eigenvalue weighted by atomic mass is 32.2. The first-order valence-electron chi connectivity index (χ1n) is 9.83. The van der Waals surface area contributed by atoms with Gasteiger partial charge in [-0.25, -0.2) is 4.99 Å². The summed E-state index contributed by atoms with van der Waals surface area (Å²) in [5.41, 5.74) is 4.15. The quantitative estimate of drug-likeness (QED) is 0.695. The zero-order chi connectivity index (χ0) is 21.8. The van der Waals surface area contributed by atoms with Crippen LogP contribution >= 0.6 is 11.8 Å². The predicted molar refractivity (Wildman–Crippen MR) is 121 cm³/mol. The molecule has 1 fully saturated rings. The number of nitrogens with zero attached hydrogens (tertiary/aromatic N) is 2. The molecule has 0 saturated carbocycles. The number of benzene rings is 2. The molecule has 156 valence electrons. The lowest BCUT2D eigenvalue weighted by Gasteiger charge is -2.13. The number of nitrogens with one attached hydrogen (secondary N) is 1. The summed E-state index contributed by atoms with van der Waals surface area (Å²) in [6.45, 7) is 7.81. The topological polar surface area (TPSA) is 78.8 Å². The molecule has 2 aromatic carbocycles. The Hall–Kier alpha value is -2.93. The Morgan fingerprint density at radius 2 is 1.83 bits per heavy atom. The first-order valence-corrected chi connectivity index (χ1v) is 10.7. The summed E-state index contributed by atoms with van der Waals surface area (Å²) in [5, 5.41) is 2.97. The van der Waals surface area contributed by atoms with Crippen molar-refractivity contribution in [2.24, 2.45) is 4.99 Å². The molecule has 30 heavy (non-hydrogen) atoms. The van der Waals surface area contributed by atoms with Gasteiger partial charge in [0.15, 0.2) is 11.0 Å². The van der Waals surface area contributed by atoms with Gasteiger partial charge in [0, 0.05) is 24.2 Å². The summed E-state index contributed by atoms with van der Waals surface area (Å²) in [6, 6.07) is 12.8. The van der Waals surface area contributed by atoms with E-state index in [0.29, 0.717) is 23.0 Å². The van der Waals surface area contributed by atoms with Gasteiger partial charge < -0.3 is 5.32 Å². The molecule has 2 aromatic rings. The average molecular weight is 424 g/mol. The Balaban J connectivity index is 1.71. The number of Topliss-reactive ketones (excluding diaryl/α,β-unsaturated/α-hetero) is 1. The molecule has 0 radical (unpaired) electrons. The van der Waals surface area contributed by atoms with Crippen molar-refractivity contribution in [3.63, 3.8) is 0 Å². The van der Waals surface area contributed by atoms with Crippen LogP contribution in [0.25, 0.3) is 0 Å². The molecule has 2 amide bonds. The lowest BCUT2D eigenvalue weighted by Crippen LogP contribution is -2.33. The number of carbonyl (C=O) groups excluding carboxylic acids is 3. The van der Waals surface area contributed by atoms with Crippen LogP contribution in [0.15, 0.2) is 47.5 Å². The fraction of sp³-hybridized carbons (Fsp3) is 0.304. The number of hydrogen-bond donors (Lipinski definition) is 1. The number of carbonyl (C=O) groups is 3. The van der Waals surface area contributed by atoms with E-state index in [9.17, 15) is 14.4 Å². The van der Waals surface area contributed by atoms with Crippen molar-refractivity contribution < 1.29 is 14.4 Å². The molecule has 0 spiro atoms. The minimum absolute atomic E-state index is 0.00954. The Labute approximate surface area is 180 Å². The van der Waals surface area contributed by atoms with Crippen molar-refractivity contribution in [1.29, 1.82) is 0 Å². The lowest BCUT2D eigenvalue weighted by atomic mass is 10.1. The summed E-state index contributed by atoms with van der Waals surface area (Å²) >= 11 is 1.30. The van der Waals surface area contributed by atoms with Gasteiger partial charge in [-0.1, -0.05) is 29.5 Å². The molecular formula is C23H25N3O3S. The van der Waals surface area contributed by atoms with E-state index in [0.717, 1.165) is 16.8 Å². The van der Waals surface area contributed by atoms with Crippen molar-refractivity contribution in [3.8, 4) is 0 Å². The second-order valence-electron chi connectivity index (χ2n) is 7.26. The summed E-state index contributed by atoms with van der Waals surface area (Å²) in [6.07, 6.45) is 0.0790. The van der Waals surface area contributed by atoms with Crippen molar-refractivity contribution in [3.05, 3.63) is 59.2 Å². The second kappa shape index (κ2) is 9.26. The van der Waals surface area contributed by atoms with Crippen molar-refractivity contribution in [2.75, 3.05) is 11.9 Å². The van der Waals surface area contributed by atoms with Gasteiger partial charge in [-0.2, -0.15) is 0 Å². The number of thioether (sulfide) groups is 1. The fourth-order valence-corrected chi connectivity index (χ4v) is 4.44. The lowest BCUT2D eigenvalue weighted by molar-refractivity contribution is -0.128. The minimum atomic E-state index is -0.508. The maximum Gasteiger partial charge on any atom is 0.242 e.